The number of amides is 1. The molecule has 0 aromatic heterocycles. The number of ether oxygens (including phenoxy) is 2. The van der Waals surface area contributed by atoms with Gasteiger partial charge in [0.1, 0.15) is 19.8 Å². The quantitative estimate of drug-likeness (QED) is 0.648. The fraction of sp³-hybridized carbons (Fsp3) is 0.412. The van der Waals surface area contributed by atoms with Crippen LogP contribution in [0.25, 0.3) is 0 Å². The number of allylic oxidation sites excluding steroid dienone is 1. The van der Waals surface area contributed by atoms with Crippen molar-refractivity contribution in [3.63, 3.8) is 0 Å². The maximum atomic E-state index is 11.5. The Balaban J connectivity index is 1.59. The van der Waals surface area contributed by atoms with Gasteiger partial charge in [-0.15, -0.1) is 0 Å². The predicted octanol–water partition coefficient (Wildman–Crippen LogP) is 2.96. The largest absolute Gasteiger partial charge is 0.460 e. The van der Waals surface area contributed by atoms with Gasteiger partial charge in [-0.1, -0.05) is 36.4 Å². The zero-order chi connectivity index (χ0) is 15.6. The Labute approximate surface area is 130 Å². The summed E-state index contributed by atoms with van der Waals surface area (Å²) in [7, 11) is 0. The third-order valence-electron chi connectivity index (χ3n) is 3.39. The predicted molar refractivity (Wildman–Crippen MR) is 82.1 cm³/mol. The first-order valence-corrected chi connectivity index (χ1v) is 7.52. The van der Waals surface area contributed by atoms with Gasteiger partial charge >= 0.3 is 12.1 Å². The molecule has 22 heavy (non-hydrogen) atoms. The van der Waals surface area contributed by atoms with E-state index in [0.29, 0.717) is 6.61 Å². The first-order valence-electron chi connectivity index (χ1n) is 7.52. The van der Waals surface area contributed by atoms with Gasteiger partial charge < -0.3 is 14.8 Å². The molecule has 0 fully saturated rings. The molecule has 1 aliphatic rings. The van der Waals surface area contributed by atoms with Crippen LogP contribution >= 0.6 is 0 Å². The number of esters is 1. The van der Waals surface area contributed by atoms with Crippen LogP contribution in [0.1, 0.15) is 31.2 Å². The second kappa shape index (κ2) is 8.87. The van der Waals surface area contributed by atoms with Crippen molar-refractivity contribution in [1.29, 1.82) is 0 Å². The fourth-order valence-corrected chi connectivity index (χ4v) is 2.18. The summed E-state index contributed by atoms with van der Waals surface area (Å²) >= 11 is 0. The van der Waals surface area contributed by atoms with Crippen molar-refractivity contribution >= 4 is 12.1 Å². The van der Waals surface area contributed by atoms with Crippen LogP contribution in [0.5, 0.6) is 0 Å². The van der Waals surface area contributed by atoms with E-state index in [1.807, 2.05) is 30.3 Å². The van der Waals surface area contributed by atoms with Crippen LogP contribution in [-0.2, 0) is 20.9 Å². The Hall–Kier alpha value is -2.30. The van der Waals surface area contributed by atoms with Crippen LogP contribution in [0.3, 0.4) is 0 Å². The molecule has 0 aliphatic heterocycles. The van der Waals surface area contributed by atoms with Gasteiger partial charge in [0.15, 0.2) is 0 Å². The lowest BCUT2D eigenvalue weighted by Crippen LogP contribution is -2.31. The molecule has 0 bridgehead atoms. The average molecular weight is 303 g/mol. The van der Waals surface area contributed by atoms with E-state index in [4.69, 9.17) is 9.47 Å². The second-order valence-corrected chi connectivity index (χ2v) is 5.18. The van der Waals surface area contributed by atoms with Gasteiger partial charge in [0.05, 0.1) is 0 Å². The summed E-state index contributed by atoms with van der Waals surface area (Å²) in [4.78, 5) is 23.0. The first kappa shape index (κ1) is 16.1. The van der Waals surface area contributed by atoms with E-state index in [9.17, 15) is 9.59 Å². The van der Waals surface area contributed by atoms with Crippen LogP contribution in [0.2, 0.25) is 0 Å². The normalized spacial score (nSPS) is 13.9. The topological polar surface area (TPSA) is 64.6 Å². The van der Waals surface area contributed by atoms with E-state index in [1.165, 1.54) is 6.42 Å². The van der Waals surface area contributed by atoms with Crippen molar-refractivity contribution in [3.05, 3.63) is 47.5 Å². The van der Waals surface area contributed by atoms with E-state index >= 15 is 0 Å². The van der Waals surface area contributed by atoms with E-state index < -0.39 is 12.1 Å². The van der Waals surface area contributed by atoms with E-state index in [-0.39, 0.29) is 13.2 Å². The minimum absolute atomic E-state index is 0.175. The van der Waals surface area contributed by atoms with Crippen LogP contribution in [0, 0.1) is 0 Å². The molecule has 1 aromatic carbocycles. The molecule has 0 saturated heterocycles. The smallest absolute Gasteiger partial charge is 0.407 e. The van der Waals surface area contributed by atoms with Gasteiger partial charge in [-0.3, -0.25) is 4.79 Å². The highest BCUT2D eigenvalue weighted by Crippen LogP contribution is 2.17. The maximum Gasteiger partial charge on any atom is 0.407 e. The lowest BCUT2D eigenvalue weighted by atomic mass is 10.0. The third kappa shape index (κ3) is 5.99. The molecule has 1 N–H and O–H groups in total. The molecule has 0 unspecified atom stereocenters. The first-order chi connectivity index (χ1) is 10.7. The fourth-order valence-electron chi connectivity index (χ4n) is 2.18. The van der Waals surface area contributed by atoms with E-state index in [2.05, 4.69) is 11.4 Å². The standard InChI is InChI=1S/C17H21NO4/c19-16(21-12-14-7-3-1-4-8-14)11-18-17(20)22-13-15-9-5-2-6-10-15/h2,5-7,9-10H,1,3-4,8,11-13H2,(H,18,20). The highest BCUT2D eigenvalue weighted by molar-refractivity contribution is 5.77. The molecular formula is C17H21NO4. The average Bonchev–Trinajstić information content (AvgIpc) is 2.58. The molecule has 1 amide bonds. The van der Waals surface area contributed by atoms with Crippen molar-refractivity contribution in [2.75, 3.05) is 13.2 Å². The number of rotatable bonds is 6. The maximum absolute atomic E-state index is 11.5. The Morgan fingerprint density at radius 3 is 2.59 bits per heavy atom. The third-order valence-corrected chi connectivity index (χ3v) is 3.39. The molecule has 0 radical (unpaired) electrons. The summed E-state index contributed by atoms with van der Waals surface area (Å²) < 4.78 is 10.1. The monoisotopic (exact) mass is 303 g/mol. The molecule has 1 aliphatic carbocycles. The van der Waals surface area contributed by atoms with Crippen LogP contribution < -0.4 is 5.32 Å². The number of carbonyl (C=O) groups excluding carboxylic acids is 2. The summed E-state index contributed by atoms with van der Waals surface area (Å²) in [5.41, 5.74) is 2.05. The van der Waals surface area contributed by atoms with Gasteiger partial charge in [0.25, 0.3) is 0 Å². The Kier molecular flexibility index (Phi) is 6.48. The van der Waals surface area contributed by atoms with Crippen molar-refractivity contribution in [1.82, 2.24) is 5.32 Å². The van der Waals surface area contributed by atoms with Crippen LogP contribution in [-0.4, -0.2) is 25.2 Å². The molecule has 0 saturated carbocycles. The molecule has 118 valence electrons. The molecule has 0 atom stereocenters. The molecule has 2 rings (SSSR count). The zero-order valence-corrected chi connectivity index (χ0v) is 12.5. The molecule has 1 aromatic rings. The van der Waals surface area contributed by atoms with E-state index in [1.54, 1.807) is 0 Å². The van der Waals surface area contributed by atoms with Gasteiger partial charge in [0, 0.05) is 0 Å². The molecule has 5 heteroatoms. The van der Waals surface area contributed by atoms with Gasteiger partial charge in [-0.25, -0.2) is 4.79 Å². The lowest BCUT2D eigenvalue weighted by Gasteiger charge is -2.13. The molecule has 5 nitrogen and oxygen atoms in total. The Morgan fingerprint density at radius 1 is 1.05 bits per heavy atom. The number of hydrogen-bond donors (Lipinski definition) is 1. The number of carbonyl (C=O) groups is 2. The lowest BCUT2D eigenvalue weighted by molar-refractivity contribution is -0.141. The minimum Gasteiger partial charge on any atom is -0.460 e. The Bertz CT molecular complexity index is 525. The summed E-state index contributed by atoms with van der Waals surface area (Å²) in [6, 6.07) is 9.35. The summed E-state index contributed by atoms with van der Waals surface area (Å²) in [5.74, 6) is -0.455. The van der Waals surface area contributed by atoms with Crippen molar-refractivity contribution < 1.29 is 19.1 Å². The van der Waals surface area contributed by atoms with Crippen LogP contribution in [0.15, 0.2) is 42.0 Å². The van der Waals surface area contributed by atoms with Gasteiger partial charge in [-0.2, -0.15) is 0 Å². The zero-order valence-electron chi connectivity index (χ0n) is 12.5. The molecule has 0 spiro atoms. The SMILES string of the molecule is O=C(CNC(=O)OCc1ccccc1)OCC1=CCCCC1. The van der Waals surface area contributed by atoms with Gasteiger partial charge in [0.2, 0.25) is 0 Å². The number of alkyl carbamates (subject to hydrolysis) is 1. The van der Waals surface area contributed by atoms with Gasteiger partial charge in [-0.05, 0) is 36.8 Å². The van der Waals surface area contributed by atoms with Crippen molar-refractivity contribution in [3.8, 4) is 0 Å². The number of benzene rings is 1. The molecular weight excluding hydrogens is 282 g/mol. The highest BCUT2D eigenvalue weighted by Gasteiger charge is 2.10. The second-order valence-electron chi connectivity index (χ2n) is 5.18. The van der Waals surface area contributed by atoms with Crippen molar-refractivity contribution in [2.45, 2.75) is 32.3 Å². The number of nitrogens with one attached hydrogen (secondary N) is 1. The summed E-state index contributed by atoms with van der Waals surface area (Å²) in [6.45, 7) is 0.315. The van der Waals surface area contributed by atoms with E-state index in [0.717, 1.165) is 30.4 Å². The number of hydrogen-bond acceptors (Lipinski definition) is 4. The summed E-state index contributed by atoms with van der Waals surface area (Å²) in [6.07, 6.45) is 5.88. The summed E-state index contributed by atoms with van der Waals surface area (Å²) in [5, 5.41) is 2.39. The Morgan fingerprint density at radius 2 is 1.86 bits per heavy atom. The highest BCUT2D eigenvalue weighted by atomic mass is 16.6. The van der Waals surface area contributed by atoms with Crippen molar-refractivity contribution in [2.24, 2.45) is 0 Å². The van der Waals surface area contributed by atoms with Crippen LogP contribution in [0.4, 0.5) is 4.79 Å². The minimum atomic E-state index is -0.627. The molecule has 0 heterocycles.